The molecule has 0 spiro atoms. The van der Waals surface area contributed by atoms with E-state index in [0.717, 1.165) is 21.2 Å². The fraction of sp³-hybridized carbons (Fsp3) is 0.0455. The van der Waals surface area contributed by atoms with Crippen molar-refractivity contribution in [3.8, 4) is 0 Å². The number of rotatable bonds is 4. The van der Waals surface area contributed by atoms with Crippen LogP contribution in [0.25, 0.3) is 0 Å². The summed E-state index contributed by atoms with van der Waals surface area (Å²) in [5.41, 5.74) is 2.28. The van der Waals surface area contributed by atoms with Gasteiger partial charge in [-0.15, -0.1) is 0 Å². The zero-order valence-electron chi connectivity index (χ0n) is 14.7. The van der Waals surface area contributed by atoms with Crippen LogP contribution in [0.4, 0.5) is 11.4 Å². The molecule has 0 radical (unpaired) electrons. The maximum atomic E-state index is 13.0. The zero-order chi connectivity index (χ0) is 19.5. The average Bonchev–Trinajstić information content (AvgIpc) is 2.75. The van der Waals surface area contributed by atoms with E-state index in [1.54, 1.807) is 16.7 Å². The lowest BCUT2D eigenvalue weighted by Crippen LogP contribution is -2.32. The van der Waals surface area contributed by atoms with Gasteiger partial charge in [-0.2, -0.15) is 0 Å². The molecule has 4 rings (SSSR count). The Kier molecular flexibility index (Phi) is 4.95. The number of benzene rings is 3. The number of carbonyl (C=O) groups excluding carboxylic acids is 3. The molecule has 0 aromatic heterocycles. The molecule has 1 amide bonds. The number of nitrogens with zero attached hydrogens (tertiary/aromatic N) is 1. The minimum absolute atomic E-state index is 0.286. The van der Waals surface area contributed by atoms with Crippen LogP contribution >= 0.6 is 11.8 Å². The van der Waals surface area contributed by atoms with Gasteiger partial charge in [-0.3, -0.25) is 14.5 Å². The smallest absolute Gasteiger partial charge is 0.338 e. The van der Waals surface area contributed by atoms with Crippen molar-refractivity contribution in [2.45, 2.75) is 9.79 Å². The summed E-state index contributed by atoms with van der Waals surface area (Å²) in [7, 11) is 0. The number of fused-ring (bicyclic) bond motifs is 2. The van der Waals surface area contributed by atoms with Crippen LogP contribution < -0.4 is 4.90 Å². The summed E-state index contributed by atoms with van der Waals surface area (Å²) < 4.78 is 5.22. The van der Waals surface area contributed by atoms with Gasteiger partial charge in [-0.1, -0.05) is 48.2 Å². The number of esters is 1. The second-order valence-electron chi connectivity index (χ2n) is 6.08. The van der Waals surface area contributed by atoms with Crippen LogP contribution in [0.3, 0.4) is 0 Å². The van der Waals surface area contributed by atoms with E-state index in [1.807, 2.05) is 48.5 Å². The Morgan fingerprint density at radius 2 is 1.43 bits per heavy atom. The summed E-state index contributed by atoms with van der Waals surface area (Å²) in [6.07, 6.45) is 0.696. The van der Waals surface area contributed by atoms with Crippen LogP contribution in [0.2, 0.25) is 0 Å². The molecule has 3 aromatic rings. The molecule has 1 aliphatic heterocycles. The van der Waals surface area contributed by atoms with E-state index in [4.69, 9.17) is 4.74 Å². The second kappa shape index (κ2) is 7.70. The molecule has 0 N–H and O–H groups in total. The molecule has 0 fully saturated rings. The van der Waals surface area contributed by atoms with E-state index in [1.165, 1.54) is 24.3 Å². The van der Waals surface area contributed by atoms with Gasteiger partial charge < -0.3 is 4.74 Å². The van der Waals surface area contributed by atoms with Gasteiger partial charge in [0.15, 0.2) is 6.61 Å². The summed E-state index contributed by atoms with van der Waals surface area (Å²) in [5.74, 6) is -0.947. The van der Waals surface area contributed by atoms with Crippen LogP contribution in [0.1, 0.15) is 20.7 Å². The lowest BCUT2D eigenvalue weighted by molar-refractivity contribution is -0.121. The Hall–Kier alpha value is -3.38. The molecular formula is C22H15NO4S. The van der Waals surface area contributed by atoms with Crippen molar-refractivity contribution >= 4 is 41.3 Å². The molecule has 6 heteroatoms. The first-order valence-corrected chi connectivity index (χ1v) is 9.40. The maximum absolute atomic E-state index is 13.0. The molecule has 0 aliphatic carbocycles. The van der Waals surface area contributed by atoms with Crippen molar-refractivity contribution < 1.29 is 19.1 Å². The van der Waals surface area contributed by atoms with Crippen LogP contribution in [0, 0.1) is 0 Å². The van der Waals surface area contributed by atoms with Crippen LogP contribution in [0.5, 0.6) is 0 Å². The van der Waals surface area contributed by atoms with Gasteiger partial charge in [0.2, 0.25) is 0 Å². The SMILES string of the molecule is O=Cc1ccc(C(=O)OCC(=O)N2c3ccccc3Sc3ccccc32)cc1. The topological polar surface area (TPSA) is 63.7 Å². The first-order valence-electron chi connectivity index (χ1n) is 8.58. The van der Waals surface area contributed by atoms with Crippen molar-refractivity contribution in [3.63, 3.8) is 0 Å². The molecule has 3 aromatic carbocycles. The molecule has 28 heavy (non-hydrogen) atoms. The molecule has 1 aliphatic rings. The molecule has 0 bridgehead atoms. The number of hydrogen-bond donors (Lipinski definition) is 0. The molecule has 0 unspecified atom stereocenters. The molecule has 0 atom stereocenters. The fourth-order valence-electron chi connectivity index (χ4n) is 2.95. The Morgan fingerprint density at radius 1 is 0.857 bits per heavy atom. The summed E-state index contributed by atoms with van der Waals surface area (Å²) in [4.78, 5) is 39.4. The van der Waals surface area contributed by atoms with Crippen molar-refractivity contribution in [2.24, 2.45) is 0 Å². The lowest BCUT2D eigenvalue weighted by atomic mass is 10.1. The van der Waals surface area contributed by atoms with Crippen LogP contribution in [-0.2, 0) is 9.53 Å². The minimum Gasteiger partial charge on any atom is -0.452 e. The molecule has 5 nitrogen and oxygen atoms in total. The molecule has 1 heterocycles. The van der Waals surface area contributed by atoms with Crippen LogP contribution in [-0.4, -0.2) is 24.8 Å². The largest absolute Gasteiger partial charge is 0.452 e. The molecule has 0 saturated heterocycles. The third-order valence-electron chi connectivity index (χ3n) is 4.29. The number of carbonyl (C=O) groups is 3. The summed E-state index contributed by atoms with van der Waals surface area (Å²) in [5, 5.41) is 0. The monoisotopic (exact) mass is 389 g/mol. The number of anilines is 2. The summed E-state index contributed by atoms with van der Waals surface area (Å²) in [6.45, 7) is -0.387. The highest BCUT2D eigenvalue weighted by atomic mass is 32.2. The number of ether oxygens (including phenoxy) is 1. The van der Waals surface area contributed by atoms with E-state index in [-0.39, 0.29) is 18.1 Å². The van der Waals surface area contributed by atoms with Crippen molar-refractivity contribution in [3.05, 3.63) is 83.9 Å². The Balaban J connectivity index is 1.55. The van der Waals surface area contributed by atoms with Crippen molar-refractivity contribution in [1.82, 2.24) is 0 Å². The highest BCUT2D eigenvalue weighted by Crippen LogP contribution is 2.47. The van der Waals surface area contributed by atoms with Gasteiger partial charge in [0, 0.05) is 15.4 Å². The van der Waals surface area contributed by atoms with Crippen LogP contribution in [0.15, 0.2) is 82.6 Å². The van der Waals surface area contributed by atoms with E-state index in [0.29, 0.717) is 11.8 Å². The summed E-state index contributed by atoms with van der Waals surface area (Å²) >= 11 is 1.60. The van der Waals surface area contributed by atoms with Gasteiger partial charge in [-0.25, -0.2) is 4.79 Å². The van der Waals surface area contributed by atoms with Crippen molar-refractivity contribution in [1.29, 1.82) is 0 Å². The molecule has 138 valence electrons. The fourth-order valence-corrected chi connectivity index (χ4v) is 4.00. The second-order valence-corrected chi connectivity index (χ2v) is 7.17. The number of aldehydes is 1. The first-order chi connectivity index (χ1) is 13.7. The zero-order valence-corrected chi connectivity index (χ0v) is 15.5. The van der Waals surface area contributed by atoms with E-state index >= 15 is 0 Å². The third-order valence-corrected chi connectivity index (χ3v) is 5.42. The predicted molar refractivity (Wildman–Crippen MR) is 106 cm³/mol. The van der Waals surface area contributed by atoms with E-state index in [2.05, 4.69) is 0 Å². The standard InChI is InChI=1S/C22H15NO4S/c24-13-15-9-11-16(12-10-15)22(26)27-14-21(25)23-17-5-1-3-7-19(17)28-20-8-4-2-6-18(20)23/h1-13H,14H2. The third kappa shape index (κ3) is 3.42. The highest BCUT2D eigenvalue weighted by molar-refractivity contribution is 7.99. The molecule has 0 saturated carbocycles. The van der Waals surface area contributed by atoms with Gasteiger partial charge >= 0.3 is 5.97 Å². The Bertz CT molecular complexity index is 1020. The lowest BCUT2D eigenvalue weighted by Gasteiger charge is -2.30. The first kappa shape index (κ1) is 18.0. The van der Waals surface area contributed by atoms with Crippen molar-refractivity contribution in [2.75, 3.05) is 11.5 Å². The highest BCUT2D eigenvalue weighted by Gasteiger charge is 2.28. The van der Waals surface area contributed by atoms with Gasteiger partial charge in [-0.05, 0) is 36.4 Å². The summed E-state index contributed by atoms with van der Waals surface area (Å²) in [6, 6.07) is 21.3. The van der Waals surface area contributed by atoms with E-state index < -0.39 is 5.97 Å². The van der Waals surface area contributed by atoms with E-state index in [9.17, 15) is 14.4 Å². The number of amides is 1. The predicted octanol–water partition coefficient (Wildman–Crippen LogP) is 4.49. The number of hydrogen-bond acceptors (Lipinski definition) is 5. The normalized spacial score (nSPS) is 11.9. The van der Waals surface area contributed by atoms with Gasteiger partial charge in [0.1, 0.15) is 6.29 Å². The quantitative estimate of drug-likeness (QED) is 0.486. The maximum Gasteiger partial charge on any atom is 0.338 e. The van der Waals surface area contributed by atoms with Gasteiger partial charge in [0.05, 0.1) is 16.9 Å². The Labute approximate surface area is 165 Å². The number of para-hydroxylation sites is 2. The minimum atomic E-state index is -0.612. The van der Waals surface area contributed by atoms with Gasteiger partial charge in [0.25, 0.3) is 5.91 Å². The molecular weight excluding hydrogens is 374 g/mol. The average molecular weight is 389 g/mol. The Morgan fingerprint density at radius 3 is 2.00 bits per heavy atom.